The fourth-order valence-electron chi connectivity index (χ4n) is 1.10. The van der Waals surface area contributed by atoms with Gasteiger partial charge >= 0.3 is 0 Å². The second-order valence-electron chi connectivity index (χ2n) is 3.34. The van der Waals surface area contributed by atoms with E-state index in [1.807, 2.05) is 19.2 Å². The molecule has 0 aliphatic carbocycles. The molecule has 0 fully saturated rings. The Morgan fingerprint density at radius 2 is 2.47 bits per heavy atom. The predicted molar refractivity (Wildman–Crippen MR) is 64.7 cm³/mol. The highest BCUT2D eigenvalue weighted by atomic mass is 32.1. The maximum absolute atomic E-state index is 9.66. The molecule has 0 saturated heterocycles. The third-order valence-corrected chi connectivity index (χ3v) is 3.32. The molecule has 3 nitrogen and oxygen atoms in total. The van der Waals surface area contributed by atoms with Gasteiger partial charge in [0.15, 0.2) is 3.95 Å². The monoisotopic (exact) mass is 245 g/mol. The van der Waals surface area contributed by atoms with Gasteiger partial charge in [0.05, 0.1) is 11.8 Å². The van der Waals surface area contributed by atoms with Crippen molar-refractivity contribution in [1.29, 1.82) is 0 Å². The highest BCUT2D eigenvalue weighted by Crippen LogP contribution is 2.10. The molecule has 1 N–H and O–H groups in total. The van der Waals surface area contributed by atoms with Crippen molar-refractivity contribution in [3.63, 3.8) is 0 Å². The molecule has 1 heterocycles. The van der Waals surface area contributed by atoms with E-state index in [0.29, 0.717) is 10.4 Å². The lowest BCUT2D eigenvalue weighted by atomic mass is 10.2. The number of aryl methyl sites for hydroxylation is 1. The van der Waals surface area contributed by atoms with Gasteiger partial charge in [0.1, 0.15) is 6.10 Å². The van der Waals surface area contributed by atoms with Gasteiger partial charge in [-0.05, 0) is 32.5 Å². The van der Waals surface area contributed by atoms with Gasteiger partial charge in [-0.2, -0.15) is 4.73 Å². The molecule has 0 radical (unpaired) electrons. The van der Waals surface area contributed by atoms with Crippen molar-refractivity contribution >= 4 is 23.6 Å². The van der Waals surface area contributed by atoms with Gasteiger partial charge in [0.2, 0.25) is 0 Å². The van der Waals surface area contributed by atoms with Gasteiger partial charge in [-0.1, -0.05) is 6.08 Å². The Morgan fingerprint density at radius 3 is 2.93 bits per heavy atom. The zero-order chi connectivity index (χ0) is 11.4. The lowest BCUT2D eigenvalue weighted by molar-refractivity contribution is -0.0350. The van der Waals surface area contributed by atoms with Crippen LogP contribution in [0.25, 0.3) is 0 Å². The average molecular weight is 245 g/mol. The molecule has 1 aromatic rings. The van der Waals surface area contributed by atoms with Crippen molar-refractivity contribution in [1.82, 2.24) is 4.73 Å². The van der Waals surface area contributed by atoms with Gasteiger partial charge in [-0.15, -0.1) is 17.9 Å². The van der Waals surface area contributed by atoms with E-state index in [1.165, 1.54) is 11.3 Å². The summed E-state index contributed by atoms with van der Waals surface area (Å²) in [7, 11) is 0. The van der Waals surface area contributed by atoms with E-state index in [0.717, 1.165) is 5.69 Å². The molecule has 0 unspecified atom stereocenters. The molecule has 0 amide bonds. The lowest BCUT2D eigenvalue weighted by Crippen LogP contribution is -2.33. The van der Waals surface area contributed by atoms with Crippen molar-refractivity contribution in [2.45, 2.75) is 32.5 Å². The Kier molecular flexibility index (Phi) is 4.50. The molecule has 84 valence electrons. The minimum atomic E-state index is -0.552. The molecule has 1 aromatic heterocycles. The summed E-state index contributed by atoms with van der Waals surface area (Å²) in [5, 5.41) is 11.6. The Labute approximate surface area is 98.6 Å². The first-order chi connectivity index (χ1) is 7.06. The van der Waals surface area contributed by atoms with Crippen molar-refractivity contribution in [2.75, 3.05) is 0 Å². The summed E-state index contributed by atoms with van der Waals surface area (Å²) >= 11 is 6.55. The molecule has 0 aromatic carbocycles. The third-order valence-electron chi connectivity index (χ3n) is 2.04. The quantitative estimate of drug-likeness (QED) is 0.638. The SMILES string of the molecule is C=CC[C@H](O)[C@@H](C)On1c(C)csc1=S. The minimum Gasteiger partial charge on any atom is -0.406 e. The number of aliphatic hydroxyl groups excluding tert-OH is 1. The molecule has 2 atom stereocenters. The summed E-state index contributed by atoms with van der Waals surface area (Å²) in [6, 6.07) is 0. The standard InChI is InChI=1S/C10H15NO2S2/c1-4-5-9(12)8(3)13-11-7(2)6-15-10(11)14/h4,6,8-9,12H,1,5H2,2-3H3/t8-,9+/m1/s1. The number of aliphatic hydroxyl groups is 1. The lowest BCUT2D eigenvalue weighted by Gasteiger charge is -2.19. The van der Waals surface area contributed by atoms with E-state index < -0.39 is 6.10 Å². The second-order valence-corrected chi connectivity index (χ2v) is 4.84. The zero-order valence-electron chi connectivity index (χ0n) is 8.84. The molecule has 0 aliphatic rings. The van der Waals surface area contributed by atoms with Gasteiger partial charge in [0, 0.05) is 5.38 Å². The molecular formula is C10H15NO2S2. The molecule has 0 bridgehead atoms. The van der Waals surface area contributed by atoms with Gasteiger partial charge in [-0.3, -0.25) is 0 Å². The molecule has 0 saturated carbocycles. The summed E-state index contributed by atoms with van der Waals surface area (Å²) in [6.45, 7) is 7.30. The zero-order valence-corrected chi connectivity index (χ0v) is 10.5. The highest BCUT2D eigenvalue weighted by molar-refractivity contribution is 7.73. The molecule has 15 heavy (non-hydrogen) atoms. The van der Waals surface area contributed by atoms with E-state index in [-0.39, 0.29) is 6.10 Å². The number of nitrogens with zero attached hydrogens (tertiary/aromatic N) is 1. The number of aromatic nitrogens is 1. The Hall–Kier alpha value is -0.650. The molecule has 5 heteroatoms. The fraction of sp³-hybridized carbons (Fsp3) is 0.500. The van der Waals surface area contributed by atoms with Crippen molar-refractivity contribution < 1.29 is 9.94 Å². The smallest absolute Gasteiger partial charge is 0.196 e. The maximum atomic E-state index is 9.66. The third kappa shape index (κ3) is 3.15. The molecule has 0 aliphatic heterocycles. The predicted octanol–water partition coefficient (Wildman–Crippen LogP) is 2.34. The first kappa shape index (κ1) is 12.4. The second kappa shape index (κ2) is 5.44. The van der Waals surface area contributed by atoms with E-state index in [1.54, 1.807) is 10.8 Å². The molecule has 1 rings (SSSR count). The minimum absolute atomic E-state index is 0.303. The van der Waals surface area contributed by atoms with E-state index in [2.05, 4.69) is 6.58 Å². The summed E-state index contributed by atoms with van der Waals surface area (Å²) in [5.41, 5.74) is 0.947. The van der Waals surface area contributed by atoms with E-state index >= 15 is 0 Å². The molecule has 0 spiro atoms. The van der Waals surface area contributed by atoms with Crippen molar-refractivity contribution in [3.05, 3.63) is 27.7 Å². The van der Waals surface area contributed by atoms with Crippen LogP contribution in [0.15, 0.2) is 18.0 Å². The fourth-order valence-corrected chi connectivity index (χ4v) is 2.08. The largest absolute Gasteiger partial charge is 0.406 e. The average Bonchev–Trinajstić information content (AvgIpc) is 2.49. The van der Waals surface area contributed by atoms with Crippen LogP contribution in [-0.2, 0) is 0 Å². The normalized spacial score (nSPS) is 14.6. The number of hydrogen-bond donors (Lipinski definition) is 1. The Morgan fingerprint density at radius 1 is 1.80 bits per heavy atom. The highest BCUT2D eigenvalue weighted by Gasteiger charge is 2.15. The van der Waals surface area contributed by atoms with Crippen molar-refractivity contribution in [2.24, 2.45) is 0 Å². The van der Waals surface area contributed by atoms with Crippen LogP contribution in [0, 0.1) is 10.9 Å². The Bertz CT molecular complexity index is 383. The van der Waals surface area contributed by atoms with Crippen LogP contribution in [0.5, 0.6) is 0 Å². The van der Waals surface area contributed by atoms with Crippen LogP contribution in [0.4, 0.5) is 0 Å². The van der Waals surface area contributed by atoms with E-state index in [4.69, 9.17) is 17.1 Å². The van der Waals surface area contributed by atoms with E-state index in [9.17, 15) is 5.11 Å². The van der Waals surface area contributed by atoms with Crippen LogP contribution in [-0.4, -0.2) is 22.0 Å². The van der Waals surface area contributed by atoms with Crippen LogP contribution >= 0.6 is 23.6 Å². The number of hydrogen-bond acceptors (Lipinski definition) is 4. The van der Waals surface area contributed by atoms with Crippen molar-refractivity contribution in [3.8, 4) is 0 Å². The van der Waals surface area contributed by atoms with Crippen LogP contribution in [0.2, 0.25) is 0 Å². The molecular weight excluding hydrogens is 230 g/mol. The Balaban J connectivity index is 2.69. The van der Waals surface area contributed by atoms with Crippen LogP contribution in [0.1, 0.15) is 19.0 Å². The first-order valence-electron chi connectivity index (χ1n) is 4.69. The summed E-state index contributed by atoms with van der Waals surface area (Å²) in [6.07, 6.45) is 1.33. The van der Waals surface area contributed by atoms with Gasteiger partial charge < -0.3 is 9.94 Å². The maximum Gasteiger partial charge on any atom is 0.196 e. The van der Waals surface area contributed by atoms with Gasteiger partial charge in [0.25, 0.3) is 0 Å². The number of rotatable bonds is 5. The summed E-state index contributed by atoms with van der Waals surface area (Å²) in [5.74, 6) is 0. The van der Waals surface area contributed by atoms with Crippen LogP contribution < -0.4 is 4.84 Å². The van der Waals surface area contributed by atoms with Crippen LogP contribution in [0.3, 0.4) is 0 Å². The first-order valence-corrected chi connectivity index (χ1v) is 5.98. The topological polar surface area (TPSA) is 34.4 Å². The number of thiazole rings is 1. The summed E-state index contributed by atoms with van der Waals surface area (Å²) in [4.78, 5) is 5.56. The van der Waals surface area contributed by atoms with Gasteiger partial charge in [-0.25, -0.2) is 0 Å². The summed E-state index contributed by atoms with van der Waals surface area (Å²) < 4.78 is 2.24.